The highest BCUT2D eigenvalue weighted by Crippen LogP contribution is 2.30. The third kappa shape index (κ3) is 5.44. The maximum atomic E-state index is 13.4. The third-order valence-corrected chi connectivity index (χ3v) is 5.33. The second-order valence-corrected chi connectivity index (χ2v) is 7.34. The molecule has 0 bridgehead atoms. The summed E-state index contributed by atoms with van der Waals surface area (Å²) in [6.07, 6.45) is 5.20. The van der Waals surface area contributed by atoms with Gasteiger partial charge in [-0.05, 0) is 68.2 Å². The monoisotopic (exact) mass is 389 g/mol. The van der Waals surface area contributed by atoms with Crippen molar-refractivity contribution in [3.63, 3.8) is 0 Å². The van der Waals surface area contributed by atoms with Crippen LogP contribution in [0.1, 0.15) is 42.5 Å². The molecule has 2 N–H and O–H groups in total. The molecule has 6 heteroatoms. The van der Waals surface area contributed by atoms with Gasteiger partial charge in [0.2, 0.25) is 0 Å². The van der Waals surface area contributed by atoms with E-state index in [1.807, 2.05) is 30.3 Å². The number of carbonyl (C=O) groups excluding carboxylic acids is 1. The van der Waals surface area contributed by atoms with Crippen molar-refractivity contribution >= 4 is 5.91 Å². The third-order valence-electron chi connectivity index (χ3n) is 5.33. The maximum absolute atomic E-state index is 13.4. The Labute approximate surface area is 163 Å². The van der Waals surface area contributed by atoms with Crippen molar-refractivity contribution in [2.45, 2.75) is 32.1 Å². The van der Waals surface area contributed by atoms with Gasteiger partial charge in [-0.15, -0.1) is 0 Å². The van der Waals surface area contributed by atoms with Crippen LogP contribution in [0.4, 0.5) is 8.78 Å². The molecule has 1 fully saturated rings. The molecule has 150 valence electrons. The molecule has 0 unspecified atom stereocenters. The minimum absolute atomic E-state index is 0.125. The summed E-state index contributed by atoms with van der Waals surface area (Å²) in [5.74, 6) is -1.99. The number of halogens is 2. The molecule has 0 atom stereocenters. The summed E-state index contributed by atoms with van der Waals surface area (Å²) in [6.45, 7) is 1.18. The molecule has 0 heterocycles. The number of aromatic hydroxyl groups is 1. The first-order valence-electron chi connectivity index (χ1n) is 9.67. The minimum Gasteiger partial charge on any atom is -0.503 e. The van der Waals surface area contributed by atoms with Crippen molar-refractivity contribution in [1.82, 2.24) is 5.32 Å². The van der Waals surface area contributed by atoms with Gasteiger partial charge in [0.05, 0.1) is 6.61 Å². The van der Waals surface area contributed by atoms with E-state index in [9.17, 15) is 13.6 Å². The van der Waals surface area contributed by atoms with Gasteiger partial charge < -0.3 is 15.2 Å². The van der Waals surface area contributed by atoms with Crippen LogP contribution in [0.15, 0.2) is 42.5 Å². The van der Waals surface area contributed by atoms with Gasteiger partial charge in [-0.25, -0.2) is 8.78 Å². The van der Waals surface area contributed by atoms with E-state index in [1.54, 1.807) is 0 Å². The Balaban J connectivity index is 1.37. The average Bonchev–Trinajstić information content (AvgIpc) is 2.71. The predicted octanol–water partition coefficient (Wildman–Crippen LogP) is 4.68. The molecule has 0 aliphatic heterocycles. The number of hydrogen-bond donors (Lipinski definition) is 2. The number of para-hydroxylation sites is 1. The SMILES string of the molecule is O=C(NCC1CCC(CCOc2ccccc2)CC1)c1cc(F)c(O)c(F)c1. The molecule has 0 radical (unpaired) electrons. The molecule has 1 aliphatic carbocycles. The fourth-order valence-corrected chi connectivity index (χ4v) is 3.62. The van der Waals surface area contributed by atoms with E-state index in [1.165, 1.54) is 0 Å². The number of phenolic OH excluding ortho intramolecular Hbond substituents is 1. The van der Waals surface area contributed by atoms with Crippen molar-refractivity contribution in [3.8, 4) is 11.5 Å². The van der Waals surface area contributed by atoms with Gasteiger partial charge >= 0.3 is 0 Å². The lowest BCUT2D eigenvalue weighted by Gasteiger charge is -2.28. The molecule has 4 nitrogen and oxygen atoms in total. The van der Waals surface area contributed by atoms with Gasteiger partial charge in [0.1, 0.15) is 5.75 Å². The fraction of sp³-hybridized carbons (Fsp3) is 0.409. The lowest BCUT2D eigenvalue weighted by molar-refractivity contribution is 0.0939. The molecule has 2 aromatic rings. The second-order valence-electron chi connectivity index (χ2n) is 7.34. The van der Waals surface area contributed by atoms with E-state index < -0.39 is 23.3 Å². The first kappa shape index (κ1) is 20.1. The van der Waals surface area contributed by atoms with Crippen LogP contribution in [0.5, 0.6) is 11.5 Å². The molecule has 0 spiro atoms. The number of ether oxygens (including phenoxy) is 1. The van der Waals surface area contributed by atoms with E-state index >= 15 is 0 Å². The molecular formula is C22H25F2NO3. The number of carbonyl (C=O) groups is 1. The number of rotatable bonds is 7. The topological polar surface area (TPSA) is 58.6 Å². The lowest BCUT2D eigenvalue weighted by Crippen LogP contribution is -2.31. The second kappa shape index (κ2) is 9.53. The molecule has 2 aromatic carbocycles. The molecule has 0 aromatic heterocycles. The summed E-state index contributed by atoms with van der Waals surface area (Å²) in [4.78, 5) is 12.1. The van der Waals surface area contributed by atoms with Gasteiger partial charge in [-0.2, -0.15) is 0 Å². The molecule has 1 saturated carbocycles. The molecule has 28 heavy (non-hydrogen) atoms. The number of amides is 1. The first-order valence-corrected chi connectivity index (χ1v) is 9.67. The van der Waals surface area contributed by atoms with Crippen LogP contribution in [0, 0.1) is 23.5 Å². The highest BCUT2D eigenvalue weighted by Gasteiger charge is 2.22. The number of benzene rings is 2. The van der Waals surface area contributed by atoms with Crippen molar-refractivity contribution < 1.29 is 23.4 Å². The van der Waals surface area contributed by atoms with E-state index in [0.29, 0.717) is 25.0 Å². The average molecular weight is 389 g/mol. The summed E-state index contributed by atoms with van der Waals surface area (Å²) >= 11 is 0. The van der Waals surface area contributed by atoms with Crippen LogP contribution in [0.25, 0.3) is 0 Å². The zero-order valence-corrected chi connectivity index (χ0v) is 15.7. The highest BCUT2D eigenvalue weighted by molar-refractivity contribution is 5.94. The highest BCUT2D eigenvalue weighted by atomic mass is 19.1. The molecule has 1 aliphatic rings. The largest absolute Gasteiger partial charge is 0.503 e. The van der Waals surface area contributed by atoms with Crippen molar-refractivity contribution in [3.05, 3.63) is 59.7 Å². The van der Waals surface area contributed by atoms with Crippen LogP contribution in [-0.4, -0.2) is 24.2 Å². The van der Waals surface area contributed by atoms with Crippen LogP contribution < -0.4 is 10.1 Å². The summed E-state index contributed by atoms with van der Waals surface area (Å²) < 4.78 is 32.5. The van der Waals surface area contributed by atoms with Crippen molar-refractivity contribution in [1.29, 1.82) is 0 Å². The van der Waals surface area contributed by atoms with Gasteiger partial charge in [-0.1, -0.05) is 18.2 Å². The van der Waals surface area contributed by atoms with Crippen LogP contribution in [0.3, 0.4) is 0 Å². The Hall–Kier alpha value is -2.63. The predicted molar refractivity (Wildman–Crippen MR) is 102 cm³/mol. The quantitative estimate of drug-likeness (QED) is 0.723. The van der Waals surface area contributed by atoms with Gasteiger partial charge in [-0.3, -0.25) is 4.79 Å². The van der Waals surface area contributed by atoms with Crippen LogP contribution in [-0.2, 0) is 0 Å². The Bertz CT molecular complexity index is 767. The van der Waals surface area contributed by atoms with Gasteiger partial charge in [0.25, 0.3) is 5.91 Å². The van der Waals surface area contributed by atoms with E-state index in [-0.39, 0.29) is 5.56 Å². The van der Waals surface area contributed by atoms with Crippen LogP contribution in [0.2, 0.25) is 0 Å². The Morgan fingerprint density at radius 1 is 1.04 bits per heavy atom. The lowest BCUT2D eigenvalue weighted by atomic mass is 9.80. The number of nitrogens with one attached hydrogen (secondary N) is 1. The first-order chi connectivity index (χ1) is 13.5. The Kier molecular flexibility index (Phi) is 6.85. The van der Waals surface area contributed by atoms with E-state index in [0.717, 1.165) is 50.0 Å². The fourth-order valence-electron chi connectivity index (χ4n) is 3.62. The van der Waals surface area contributed by atoms with Gasteiger partial charge in [0, 0.05) is 12.1 Å². The number of phenols is 1. The molecular weight excluding hydrogens is 364 g/mol. The standard InChI is InChI=1S/C22H25F2NO3/c23-19-12-17(13-20(24)21(19)26)22(27)25-14-16-8-6-15(7-9-16)10-11-28-18-4-2-1-3-5-18/h1-5,12-13,15-16,26H,6-11,14H2,(H,25,27). The van der Waals surface area contributed by atoms with Crippen molar-refractivity contribution in [2.75, 3.05) is 13.2 Å². The zero-order valence-electron chi connectivity index (χ0n) is 15.7. The smallest absolute Gasteiger partial charge is 0.251 e. The molecule has 3 rings (SSSR count). The summed E-state index contributed by atoms with van der Waals surface area (Å²) in [7, 11) is 0. The number of hydrogen-bond acceptors (Lipinski definition) is 3. The Morgan fingerprint density at radius 2 is 1.64 bits per heavy atom. The molecule has 0 saturated heterocycles. The van der Waals surface area contributed by atoms with Crippen LogP contribution >= 0.6 is 0 Å². The Morgan fingerprint density at radius 3 is 2.29 bits per heavy atom. The maximum Gasteiger partial charge on any atom is 0.251 e. The van der Waals surface area contributed by atoms with Crippen molar-refractivity contribution in [2.24, 2.45) is 11.8 Å². The summed E-state index contributed by atoms with van der Waals surface area (Å²) in [6, 6.07) is 11.5. The summed E-state index contributed by atoms with van der Waals surface area (Å²) in [5, 5.41) is 11.9. The zero-order chi connectivity index (χ0) is 19.9. The normalized spacial score (nSPS) is 19.2. The van der Waals surface area contributed by atoms with E-state index in [4.69, 9.17) is 9.84 Å². The molecule has 1 amide bonds. The van der Waals surface area contributed by atoms with E-state index in [2.05, 4.69) is 5.32 Å². The minimum atomic E-state index is -1.14. The summed E-state index contributed by atoms with van der Waals surface area (Å²) in [5.41, 5.74) is -0.125. The van der Waals surface area contributed by atoms with Gasteiger partial charge in [0.15, 0.2) is 17.4 Å².